The van der Waals surface area contributed by atoms with Crippen molar-refractivity contribution in [3.8, 4) is 0 Å². The van der Waals surface area contributed by atoms with Crippen LogP contribution in [0.1, 0.15) is 25.6 Å². The van der Waals surface area contributed by atoms with Crippen molar-refractivity contribution < 1.29 is 4.79 Å². The lowest BCUT2D eigenvalue weighted by Crippen LogP contribution is -2.33. The van der Waals surface area contributed by atoms with Gasteiger partial charge in [0.15, 0.2) is 0 Å². The molecular formula is C16H22N4O. The van der Waals surface area contributed by atoms with Gasteiger partial charge in [-0.15, -0.1) is 0 Å². The number of para-hydroxylation sites is 2. The summed E-state index contributed by atoms with van der Waals surface area (Å²) in [6, 6.07) is 7.94. The molecule has 2 heterocycles. The molecule has 21 heavy (non-hydrogen) atoms. The van der Waals surface area contributed by atoms with Crippen LogP contribution in [0.5, 0.6) is 0 Å². The van der Waals surface area contributed by atoms with E-state index in [4.69, 9.17) is 5.73 Å². The fourth-order valence-corrected chi connectivity index (χ4v) is 3.12. The number of carbonyl (C=O) groups excluding carboxylic acids is 1. The Morgan fingerprint density at radius 1 is 1.43 bits per heavy atom. The fourth-order valence-electron chi connectivity index (χ4n) is 3.12. The molecule has 1 fully saturated rings. The number of imidazole rings is 1. The average Bonchev–Trinajstić information content (AvgIpc) is 3.03. The summed E-state index contributed by atoms with van der Waals surface area (Å²) < 4.78 is 0. The standard InChI is InChI=1S/C16H22N4O/c1-2-5-11-9-20(10-12(11)17)16(21)8-15-18-13-6-3-4-7-14(13)19-15/h3-4,6-7,11-12H,2,5,8-10,17H2,1H3,(H,18,19)/t11-,12-/m1/s1. The topological polar surface area (TPSA) is 75.0 Å². The van der Waals surface area contributed by atoms with E-state index in [0.717, 1.165) is 36.2 Å². The molecule has 1 aliphatic rings. The number of hydrogen-bond donors (Lipinski definition) is 2. The van der Waals surface area contributed by atoms with E-state index in [0.29, 0.717) is 18.9 Å². The van der Waals surface area contributed by atoms with Crippen LogP contribution < -0.4 is 5.73 Å². The molecule has 0 radical (unpaired) electrons. The molecule has 0 unspecified atom stereocenters. The number of fused-ring (bicyclic) bond motifs is 1. The first-order valence-corrected chi connectivity index (χ1v) is 7.64. The number of nitrogens with two attached hydrogens (primary N) is 1. The molecule has 0 aliphatic carbocycles. The first-order valence-electron chi connectivity index (χ1n) is 7.64. The van der Waals surface area contributed by atoms with Crippen LogP contribution in [-0.2, 0) is 11.2 Å². The number of likely N-dealkylation sites (tertiary alicyclic amines) is 1. The highest BCUT2D eigenvalue weighted by molar-refractivity contribution is 5.80. The van der Waals surface area contributed by atoms with Crippen LogP contribution in [0.4, 0.5) is 0 Å². The van der Waals surface area contributed by atoms with Gasteiger partial charge in [-0.3, -0.25) is 4.79 Å². The normalized spacial score (nSPS) is 22.1. The van der Waals surface area contributed by atoms with Gasteiger partial charge in [-0.1, -0.05) is 25.5 Å². The van der Waals surface area contributed by atoms with E-state index < -0.39 is 0 Å². The highest BCUT2D eigenvalue weighted by atomic mass is 16.2. The van der Waals surface area contributed by atoms with Gasteiger partial charge in [0.1, 0.15) is 5.82 Å². The molecule has 3 N–H and O–H groups in total. The molecule has 1 amide bonds. The minimum absolute atomic E-state index is 0.114. The lowest BCUT2D eigenvalue weighted by molar-refractivity contribution is -0.129. The molecule has 3 rings (SSSR count). The minimum atomic E-state index is 0.114. The SMILES string of the molecule is CCC[C@@H]1CN(C(=O)Cc2nc3ccccc3[nH]2)C[C@H]1N. The zero-order valence-electron chi connectivity index (χ0n) is 12.4. The molecular weight excluding hydrogens is 264 g/mol. The van der Waals surface area contributed by atoms with Crippen molar-refractivity contribution >= 4 is 16.9 Å². The molecule has 1 aromatic heterocycles. The summed E-state index contributed by atoms with van der Waals surface area (Å²) in [4.78, 5) is 22.0. The maximum atomic E-state index is 12.4. The molecule has 1 aliphatic heterocycles. The lowest BCUT2D eigenvalue weighted by Gasteiger charge is -2.15. The highest BCUT2D eigenvalue weighted by Gasteiger charge is 2.32. The van der Waals surface area contributed by atoms with Crippen molar-refractivity contribution in [1.29, 1.82) is 0 Å². The maximum Gasteiger partial charge on any atom is 0.230 e. The number of nitrogens with one attached hydrogen (secondary N) is 1. The van der Waals surface area contributed by atoms with Crippen LogP contribution in [-0.4, -0.2) is 39.9 Å². The third-order valence-electron chi connectivity index (χ3n) is 4.26. The van der Waals surface area contributed by atoms with Gasteiger partial charge in [0.2, 0.25) is 5.91 Å². The zero-order valence-corrected chi connectivity index (χ0v) is 12.4. The number of amides is 1. The molecule has 1 saturated heterocycles. The zero-order chi connectivity index (χ0) is 14.8. The van der Waals surface area contributed by atoms with Crippen LogP contribution >= 0.6 is 0 Å². The number of aromatic nitrogens is 2. The Balaban J connectivity index is 1.66. The third kappa shape index (κ3) is 2.93. The van der Waals surface area contributed by atoms with Gasteiger partial charge in [-0.05, 0) is 24.5 Å². The monoisotopic (exact) mass is 286 g/mol. The molecule has 1 aromatic carbocycles. The van der Waals surface area contributed by atoms with Crippen molar-refractivity contribution in [3.05, 3.63) is 30.1 Å². The molecule has 5 heteroatoms. The van der Waals surface area contributed by atoms with E-state index in [-0.39, 0.29) is 11.9 Å². The first-order chi connectivity index (χ1) is 10.2. The summed E-state index contributed by atoms with van der Waals surface area (Å²) in [7, 11) is 0. The second-order valence-electron chi connectivity index (χ2n) is 5.89. The van der Waals surface area contributed by atoms with Gasteiger partial charge in [0.25, 0.3) is 0 Å². The van der Waals surface area contributed by atoms with Crippen molar-refractivity contribution in [2.24, 2.45) is 11.7 Å². The lowest BCUT2D eigenvalue weighted by atomic mass is 9.99. The smallest absolute Gasteiger partial charge is 0.230 e. The summed E-state index contributed by atoms with van der Waals surface area (Å²) in [5.41, 5.74) is 8.01. The van der Waals surface area contributed by atoms with Crippen LogP contribution in [0, 0.1) is 5.92 Å². The average molecular weight is 286 g/mol. The Morgan fingerprint density at radius 2 is 2.24 bits per heavy atom. The summed E-state index contributed by atoms with van der Waals surface area (Å²) >= 11 is 0. The minimum Gasteiger partial charge on any atom is -0.342 e. The van der Waals surface area contributed by atoms with Gasteiger partial charge < -0.3 is 15.6 Å². The second-order valence-corrected chi connectivity index (χ2v) is 5.89. The van der Waals surface area contributed by atoms with E-state index in [9.17, 15) is 4.79 Å². The van der Waals surface area contributed by atoms with E-state index in [1.807, 2.05) is 29.2 Å². The summed E-state index contributed by atoms with van der Waals surface area (Å²) in [6.07, 6.45) is 2.53. The van der Waals surface area contributed by atoms with Gasteiger partial charge in [0.05, 0.1) is 17.5 Å². The molecule has 2 atom stereocenters. The predicted molar refractivity (Wildman–Crippen MR) is 82.8 cm³/mol. The molecule has 0 bridgehead atoms. The van der Waals surface area contributed by atoms with Crippen molar-refractivity contribution in [3.63, 3.8) is 0 Å². The van der Waals surface area contributed by atoms with Crippen LogP contribution in [0.3, 0.4) is 0 Å². The summed E-state index contributed by atoms with van der Waals surface area (Å²) in [6.45, 7) is 3.61. The Morgan fingerprint density at radius 3 is 3.00 bits per heavy atom. The maximum absolute atomic E-state index is 12.4. The fraction of sp³-hybridized carbons (Fsp3) is 0.500. The number of nitrogens with zero attached hydrogens (tertiary/aromatic N) is 2. The summed E-state index contributed by atoms with van der Waals surface area (Å²) in [5.74, 6) is 1.28. The molecule has 2 aromatic rings. The Labute approximate surface area is 124 Å². The molecule has 0 spiro atoms. The van der Waals surface area contributed by atoms with Crippen LogP contribution in [0.25, 0.3) is 11.0 Å². The van der Waals surface area contributed by atoms with E-state index in [1.165, 1.54) is 0 Å². The summed E-state index contributed by atoms with van der Waals surface area (Å²) in [5, 5.41) is 0. The molecule has 112 valence electrons. The number of H-pyrrole nitrogens is 1. The number of hydrogen-bond acceptors (Lipinski definition) is 3. The van der Waals surface area contributed by atoms with Crippen LogP contribution in [0.15, 0.2) is 24.3 Å². The van der Waals surface area contributed by atoms with Gasteiger partial charge >= 0.3 is 0 Å². The number of aromatic amines is 1. The van der Waals surface area contributed by atoms with Crippen molar-refractivity contribution in [2.75, 3.05) is 13.1 Å². The Bertz CT molecular complexity index is 603. The number of carbonyl (C=O) groups is 1. The molecule has 5 nitrogen and oxygen atoms in total. The Hall–Kier alpha value is -1.88. The highest BCUT2D eigenvalue weighted by Crippen LogP contribution is 2.21. The van der Waals surface area contributed by atoms with Gasteiger partial charge in [-0.25, -0.2) is 4.98 Å². The quantitative estimate of drug-likeness (QED) is 0.898. The first kappa shape index (κ1) is 14.1. The predicted octanol–water partition coefficient (Wildman–Crippen LogP) is 1.69. The van der Waals surface area contributed by atoms with Crippen molar-refractivity contribution in [1.82, 2.24) is 14.9 Å². The Kier molecular flexibility index (Phi) is 3.92. The van der Waals surface area contributed by atoms with Crippen molar-refractivity contribution in [2.45, 2.75) is 32.2 Å². The number of rotatable bonds is 4. The molecule has 0 saturated carbocycles. The van der Waals surface area contributed by atoms with Crippen LogP contribution in [0.2, 0.25) is 0 Å². The van der Waals surface area contributed by atoms with Gasteiger partial charge in [0, 0.05) is 19.1 Å². The number of benzene rings is 1. The van der Waals surface area contributed by atoms with E-state index in [1.54, 1.807) is 0 Å². The third-order valence-corrected chi connectivity index (χ3v) is 4.26. The largest absolute Gasteiger partial charge is 0.342 e. The van der Waals surface area contributed by atoms with E-state index in [2.05, 4.69) is 16.9 Å². The second kappa shape index (κ2) is 5.85. The van der Waals surface area contributed by atoms with Gasteiger partial charge in [-0.2, -0.15) is 0 Å². The van der Waals surface area contributed by atoms with E-state index >= 15 is 0 Å².